The Balaban J connectivity index is 1.47. The summed E-state index contributed by atoms with van der Waals surface area (Å²) in [5.41, 5.74) is 1.57. The maximum atomic E-state index is 12.4. The molecule has 0 bridgehead atoms. The Morgan fingerprint density at radius 2 is 2.21 bits per heavy atom. The number of hydrogen-bond acceptors (Lipinski definition) is 6. The highest BCUT2D eigenvalue weighted by Crippen LogP contribution is 2.37. The van der Waals surface area contributed by atoms with Crippen LogP contribution < -0.4 is 19.7 Å². The summed E-state index contributed by atoms with van der Waals surface area (Å²) in [5.74, 6) is 0.627. The van der Waals surface area contributed by atoms with E-state index in [4.69, 9.17) is 9.47 Å². The number of ether oxygens (including phenoxy) is 2. The standard InChI is InChI=1S/C16H15N3O4S/c1-9-7-24-16(17-9)18-15(21)10-4-14(20)19(6-10)11-2-3-12-13(5-11)23-8-22-12/h2-3,5,7,10H,4,6,8H2,1H3,(H,17,18,21)/t10-/m0/s1. The van der Waals surface area contributed by atoms with Crippen molar-refractivity contribution in [3.05, 3.63) is 29.3 Å². The molecule has 7 nitrogen and oxygen atoms in total. The van der Waals surface area contributed by atoms with Gasteiger partial charge in [0.2, 0.25) is 18.6 Å². The SMILES string of the molecule is Cc1csc(NC(=O)[C@H]2CC(=O)N(c3ccc4c(c3)OCO4)C2)n1. The van der Waals surface area contributed by atoms with Gasteiger partial charge >= 0.3 is 0 Å². The number of hydrogen-bond donors (Lipinski definition) is 1. The third-order valence-corrected chi connectivity index (χ3v) is 4.89. The molecule has 2 aliphatic heterocycles. The third kappa shape index (κ3) is 2.69. The molecule has 0 saturated carbocycles. The quantitative estimate of drug-likeness (QED) is 0.922. The van der Waals surface area contributed by atoms with Crippen molar-refractivity contribution in [1.82, 2.24) is 4.98 Å². The maximum Gasteiger partial charge on any atom is 0.231 e. The fourth-order valence-electron chi connectivity index (χ4n) is 2.80. The van der Waals surface area contributed by atoms with Gasteiger partial charge in [0, 0.05) is 30.1 Å². The van der Waals surface area contributed by atoms with Crippen LogP contribution in [-0.4, -0.2) is 30.1 Å². The van der Waals surface area contributed by atoms with E-state index in [1.54, 1.807) is 23.1 Å². The number of anilines is 2. The number of thiazole rings is 1. The smallest absolute Gasteiger partial charge is 0.231 e. The van der Waals surface area contributed by atoms with E-state index < -0.39 is 5.92 Å². The first-order chi connectivity index (χ1) is 11.6. The number of fused-ring (bicyclic) bond motifs is 1. The monoisotopic (exact) mass is 345 g/mol. The van der Waals surface area contributed by atoms with Crippen molar-refractivity contribution < 1.29 is 19.1 Å². The predicted octanol–water partition coefficient (Wildman–Crippen LogP) is 2.17. The lowest BCUT2D eigenvalue weighted by atomic mass is 10.1. The Hall–Kier alpha value is -2.61. The molecule has 1 N–H and O–H groups in total. The van der Waals surface area contributed by atoms with E-state index in [2.05, 4.69) is 10.3 Å². The Morgan fingerprint density at radius 1 is 1.38 bits per heavy atom. The van der Waals surface area contributed by atoms with Gasteiger partial charge in [0.05, 0.1) is 11.6 Å². The molecule has 1 aromatic carbocycles. The minimum absolute atomic E-state index is 0.0793. The Morgan fingerprint density at radius 3 is 3.00 bits per heavy atom. The second kappa shape index (κ2) is 5.79. The average Bonchev–Trinajstić information content (AvgIpc) is 3.26. The van der Waals surface area contributed by atoms with E-state index in [-0.39, 0.29) is 25.0 Å². The average molecular weight is 345 g/mol. The van der Waals surface area contributed by atoms with Crippen LogP contribution in [0, 0.1) is 12.8 Å². The summed E-state index contributed by atoms with van der Waals surface area (Å²) in [5, 5.41) is 5.21. The highest BCUT2D eigenvalue weighted by Gasteiger charge is 2.36. The molecule has 24 heavy (non-hydrogen) atoms. The first-order valence-electron chi connectivity index (χ1n) is 7.53. The second-order valence-corrected chi connectivity index (χ2v) is 6.58. The van der Waals surface area contributed by atoms with Crippen LogP contribution >= 0.6 is 11.3 Å². The lowest BCUT2D eigenvalue weighted by Crippen LogP contribution is -2.28. The van der Waals surface area contributed by atoms with Crippen LogP contribution in [0.4, 0.5) is 10.8 Å². The summed E-state index contributed by atoms with van der Waals surface area (Å²) < 4.78 is 10.6. The van der Waals surface area contributed by atoms with Gasteiger partial charge in [0.1, 0.15) is 0 Å². The number of aromatic nitrogens is 1. The summed E-state index contributed by atoms with van der Waals surface area (Å²) in [6, 6.07) is 5.34. The number of nitrogens with one attached hydrogen (secondary N) is 1. The highest BCUT2D eigenvalue weighted by molar-refractivity contribution is 7.13. The molecule has 3 heterocycles. The minimum atomic E-state index is -0.396. The predicted molar refractivity (Wildman–Crippen MR) is 88.5 cm³/mol. The zero-order valence-electron chi connectivity index (χ0n) is 12.9. The van der Waals surface area contributed by atoms with E-state index in [0.29, 0.717) is 28.9 Å². The van der Waals surface area contributed by atoms with Gasteiger partial charge in [-0.25, -0.2) is 4.98 Å². The fraction of sp³-hybridized carbons (Fsp3) is 0.312. The van der Waals surface area contributed by atoms with E-state index >= 15 is 0 Å². The first kappa shape index (κ1) is 14.9. The van der Waals surface area contributed by atoms with Crippen LogP contribution in [0.3, 0.4) is 0 Å². The highest BCUT2D eigenvalue weighted by atomic mass is 32.1. The topological polar surface area (TPSA) is 80.8 Å². The van der Waals surface area contributed by atoms with E-state index in [1.807, 2.05) is 12.3 Å². The summed E-state index contributed by atoms with van der Waals surface area (Å²) in [6.45, 7) is 2.40. The lowest BCUT2D eigenvalue weighted by molar-refractivity contribution is -0.122. The van der Waals surface area contributed by atoms with E-state index in [1.165, 1.54) is 11.3 Å². The van der Waals surface area contributed by atoms with Gasteiger partial charge in [0.15, 0.2) is 16.6 Å². The molecule has 2 aromatic rings. The van der Waals surface area contributed by atoms with Crippen LogP contribution in [0.1, 0.15) is 12.1 Å². The second-order valence-electron chi connectivity index (χ2n) is 5.73. The number of rotatable bonds is 3. The summed E-state index contributed by atoms with van der Waals surface area (Å²) in [6.07, 6.45) is 0.185. The first-order valence-corrected chi connectivity index (χ1v) is 8.41. The van der Waals surface area contributed by atoms with Crippen molar-refractivity contribution in [3.8, 4) is 11.5 Å². The molecular formula is C16H15N3O4S. The van der Waals surface area contributed by atoms with Crippen molar-refractivity contribution in [2.45, 2.75) is 13.3 Å². The van der Waals surface area contributed by atoms with Crippen molar-refractivity contribution in [2.75, 3.05) is 23.6 Å². The Bertz CT molecular complexity index is 819. The molecule has 2 aliphatic rings. The summed E-state index contributed by atoms with van der Waals surface area (Å²) >= 11 is 1.38. The minimum Gasteiger partial charge on any atom is -0.454 e. The van der Waals surface area contributed by atoms with Gasteiger partial charge in [-0.2, -0.15) is 0 Å². The third-order valence-electron chi connectivity index (χ3n) is 4.01. The molecule has 0 spiro atoms. The molecule has 8 heteroatoms. The zero-order valence-corrected chi connectivity index (χ0v) is 13.8. The van der Waals surface area contributed by atoms with Crippen LogP contribution in [-0.2, 0) is 9.59 Å². The summed E-state index contributed by atoms with van der Waals surface area (Å²) in [4.78, 5) is 30.5. The van der Waals surface area contributed by atoms with Gasteiger partial charge in [-0.05, 0) is 19.1 Å². The largest absolute Gasteiger partial charge is 0.454 e. The summed E-state index contributed by atoms with van der Waals surface area (Å²) in [7, 11) is 0. The molecule has 0 aliphatic carbocycles. The van der Waals surface area contributed by atoms with Gasteiger partial charge in [-0.1, -0.05) is 0 Å². The molecular weight excluding hydrogens is 330 g/mol. The van der Waals surface area contributed by atoms with E-state index in [0.717, 1.165) is 5.69 Å². The number of benzene rings is 1. The van der Waals surface area contributed by atoms with Crippen LogP contribution in [0.15, 0.2) is 23.6 Å². The molecule has 1 saturated heterocycles. The molecule has 0 unspecified atom stereocenters. The van der Waals surface area contributed by atoms with Crippen molar-refractivity contribution in [2.24, 2.45) is 5.92 Å². The Labute approximate surface area is 142 Å². The number of carbonyl (C=O) groups excluding carboxylic acids is 2. The number of nitrogens with zero attached hydrogens (tertiary/aromatic N) is 2. The molecule has 1 fully saturated rings. The van der Waals surface area contributed by atoms with Gasteiger partial charge in [-0.15, -0.1) is 11.3 Å². The van der Waals surface area contributed by atoms with E-state index in [9.17, 15) is 9.59 Å². The molecule has 1 atom stereocenters. The van der Waals surface area contributed by atoms with Crippen LogP contribution in [0.5, 0.6) is 11.5 Å². The van der Waals surface area contributed by atoms with Gasteiger partial charge in [-0.3, -0.25) is 9.59 Å². The number of amides is 2. The fourth-order valence-corrected chi connectivity index (χ4v) is 3.50. The van der Waals surface area contributed by atoms with Crippen LogP contribution in [0.25, 0.3) is 0 Å². The van der Waals surface area contributed by atoms with Crippen LogP contribution in [0.2, 0.25) is 0 Å². The molecule has 2 amide bonds. The molecule has 124 valence electrons. The normalized spacial score (nSPS) is 19.0. The number of carbonyl (C=O) groups is 2. The van der Waals surface area contributed by atoms with Crippen molar-refractivity contribution >= 4 is 34.0 Å². The van der Waals surface area contributed by atoms with Gasteiger partial charge < -0.3 is 19.7 Å². The van der Waals surface area contributed by atoms with Gasteiger partial charge in [0.25, 0.3) is 0 Å². The molecule has 1 aromatic heterocycles. The Kier molecular flexibility index (Phi) is 3.61. The number of aryl methyl sites for hydroxylation is 1. The lowest BCUT2D eigenvalue weighted by Gasteiger charge is -2.17. The molecule has 4 rings (SSSR count). The maximum absolute atomic E-state index is 12.4. The zero-order chi connectivity index (χ0) is 16.7. The molecule has 0 radical (unpaired) electrons. The van der Waals surface area contributed by atoms with Crippen molar-refractivity contribution in [1.29, 1.82) is 0 Å². The van der Waals surface area contributed by atoms with Crippen molar-refractivity contribution in [3.63, 3.8) is 0 Å².